The summed E-state index contributed by atoms with van der Waals surface area (Å²) in [6.07, 6.45) is 0.653. The van der Waals surface area contributed by atoms with Crippen molar-refractivity contribution in [2.75, 3.05) is 0 Å². The highest BCUT2D eigenvalue weighted by molar-refractivity contribution is 7.14. The van der Waals surface area contributed by atoms with Crippen molar-refractivity contribution in [3.8, 4) is 5.75 Å². The van der Waals surface area contributed by atoms with Gasteiger partial charge in [-0.2, -0.15) is 0 Å². The number of aromatic nitrogens is 2. The third kappa shape index (κ3) is 3.60. The number of ether oxygens (including phenoxy) is 1. The van der Waals surface area contributed by atoms with Crippen LogP contribution in [0.2, 0.25) is 0 Å². The van der Waals surface area contributed by atoms with Gasteiger partial charge in [-0.05, 0) is 11.5 Å². The molecule has 2 aromatic heterocycles. The van der Waals surface area contributed by atoms with E-state index in [9.17, 15) is 9.90 Å². The molecule has 0 aliphatic heterocycles. The van der Waals surface area contributed by atoms with Gasteiger partial charge in [-0.3, -0.25) is 0 Å². The maximum Gasteiger partial charge on any atom is 0.349 e. The fourth-order valence-corrected chi connectivity index (χ4v) is 2.63. The summed E-state index contributed by atoms with van der Waals surface area (Å²) in [5.74, 6) is 0.221. The molecule has 0 aliphatic rings. The average molecular weight is 310 g/mol. The van der Waals surface area contributed by atoms with E-state index in [1.807, 2.05) is 27.7 Å². The lowest BCUT2D eigenvalue weighted by Crippen LogP contribution is -2.08. The Labute approximate surface area is 126 Å². The minimum Gasteiger partial charge on any atom is -0.482 e. The molecule has 0 saturated heterocycles. The van der Waals surface area contributed by atoms with Crippen molar-refractivity contribution in [1.29, 1.82) is 0 Å². The maximum absolute atomic E-state index is 11.3. The monoisotopic (exact) mass is 310 g/mol. The fraction of sp³-hybridized carbons (Fsp3) is 0.500. The van der Waals surface area contributed by atoms with Gasteiger partial charge in [0.2, 0.25) is 5.89 Å². The zero-order chi connectivity index (χ0) is 15.6. The van der Waals surface area contributed by atoms with E-state index in [0.717, 1.165) is 4.88 Å². The summed E-state index contributed by atoms with van der Waals surface area (Å²) in [6.45, 7) is 8.06. The Morgan fingerprint density at radius 3 is 2.57 bits per heavy atom. The second-order valence-electron chi connectivity index (χ2n) is 5.59. The normalized spacial score (nSPS) is 11.6. The van der Waals surface area contributed by atoms with Crippen molar-refractivity contribution in [3.05, 3.63) is 27.6 Å². The van der Waals surface area contributed by atoms with E-state index in [-0.39, 0.29) is 16.9 Å². The lowest BCUT2D eigenvalue weighted by Gasteiger charge is -2.14. The largest absolute Gasteiger partial charge is 0.482 e. The standard InChI is InChI=1S/C14H18N2O4S/c1-5-10-15-16-11(20-10)7-19-8-6-9(14(2,3)4)21-12(8)13(17)18/h6H,5,7H2,1-4H3,(H,17,18). The molecule has 0 atom stereocenters. The minimum absolute atomic E-state index is 0.0631. The van der Waals surface area contributed by atoms with Crippen LogP contribution in [0.4, 0.5) is 0 Å². The van der Waals surface area contributed by atoms with Crippen LogP contribution in [-0.2, 0) is 18.4 Å². The number of rotatable bonds is 5. The van der Waals surface area contributed by atoms with Crippen LogP contribution in [-0.4, -0.2) is 21.3 Å². The quantitative estimate of drug-likeness (QED) is 0.912. The summed E-state index contributed by atoms with van der Waals surface area (Å²) in [4.78, 5) is 12.4. The van der Waals surface area contributed by atoms with Gasteiger partial charge >= 0.3 is 5.97 Å². The van der Waals surface area contributed by atoms with E-state index < -0.39 is 5.97 Å². The van der Waals surface area contributed by atoms with Gasteiger partial charge < -0.3 is 14.3 Å². The molecule has 0 aromatic carbocycles. The van der Waals surface area contributed by atoms with Crippen LogP contribution >= 0.6 is 11.3 Å². The number of carbonyl (C=O) groups is 1. The van der Waals surface area contributed by atoms with Gasteiger partial charge in [0.15, 0.2) is 11.5 Å². The Balaban J connectivity index is 2.18. The second kappa shape index (κ2) is 5.85. The molecule has 0 fully saturated rings. The average Bonchev–Trinajstić information content (AvgIpc) is 3.02. The number of hydrogen-bond acceptors (Lipinski definition) is 6. The predicted molar refractivity (Wildman–Crippen MR) is 78.0 cm³/mol. The van der Waals surface area contributed by atoms with E-state index in [4.69, 9.17) is 9.15 Å². The first-order valence-corrected chi connectivity index (χ1v) is 7.44. The van der Waals surface area contributed by atoms with Crippen molar-refractivity contribution in [2.24, 2.45) is 0 Å². The molecule has 0 amide bonds. The van der Waals surface area contributed by atoms with Gasteiger partial charge in [-0.1, -0.05) is 27.7 Å². The van der Waals surface area contributed by atoms with Crippen molar-refractivity contribution >= 4 is 17.3 Å². The molecule has 7 heteroatoms. The van der Waals surface area contributed by atoms with Crippen LogP contribution in [0, 0.1) is 0 Å². The molecule has 0 aliphatic carbocycles. The minimum atomic E-state index is -0.995. The lowest BCUT2D eigenvalue weighted by molar-refractivity contribution is 0.0697. The zero-order valence-electron chi connectivity index (χ0n) is 12.5. The molecule has 2 heterocycles. The summed E-state index contributed by atoms with van der Waals surface area (Å²) >= 11 is 1.23. The summed E-state index contributed by atoms with van der Waals surface area (Å²) in [7, 11) is 0. The fourth-order valence-electron chi connectivity index (χ4n) is 1.63. The van der Waals surface area contributed by atoms with Crippen molar-refractivity contribution in [1.82, 2.24) is 10.2 Å². The summed E-state index contributed by atoms with van der Waals surface area (Å²) in [5, 5.41) is 16.9. The van der Waals surface area contributed by atoms with Crippen LogP contribution in [0.1, 0.15) is 54.0 Å². The number of thiophene rings is 1. The Bertz CT molecular complexity index is 640. The van der Waals surface area contributed by atoms with Gasteiger partial charge in [-0.25, -0.2) is 4.79 Å². The van der Waals surface area contributed by atoms with E-state index in [0.29, 0.717) is 24.0 Å². The predicted octanol–water partition coefficient (Wildman–Crippen LogP) is 3.27. The Morgan fingerprint density at radius 2 is 2.05 bits per heavy atom. The zero-order valence-corrected chi connectivity index (χ0v) is 13.3. The van der Waals surface area contributed by atoms with E-state index in [2.05, 4.69) is 10.2 Å². The molecule has 0 saturated carbocycles. The van der Waals surface area contributed by atoms with E-state index in [1.165, 1.54) is 11.3 Å². The third-order valence-corrected chi connectivity index (χ3v) is 4.32. The topological polar surface area (TPSA) is 85.5 Å². The number of aromatic carboxylic acids is 1. The smallest absolute Gasteiger partial charge is 0.349 e. The number of carboxylic acid groups (broad SMARTS) is 1. The maximum atomic E-state index is 11.3. The molecule has 6 nitrogen and oxygen atoms in total. The highest BCUT2D eigenvalue weighted by Crippen LogP contribution is 2.37. The molecule has 21 heavy (non-hydrogen) atoms. The molecule has 114 valence electrons. The molecule has 2 rings (SSSR count). The molecular formula is C14H18N2O4S. The van der Waals surface area contributed by atoms with Gasteiger partial charge in [0.25, 0.3) is 5.89 Å². The van der Waals surface area contributed by atoms with Gasteiger partial charge in [0.05, 0.1) is 0 Å². The molecular weight excluding hydrogens is 292 g/mol. The second-order valence-corrected chi connectivity index (χ2v) is 6.64. The van der Waals surface area contributed by atoms with E-state index in [1.54, 1.807) is 6.07 Å². The van der Waals surface area contributed by atoms with Crippen LogP contribution in [0.5, 0.6) is 5.75 Å². The van der Waals surface area contributed by atoms with Crippen molar-refractivity contribution < 1.29 is 19.1 Å². The third-order valence-electron chi connectivity index (χ3n) is 2.79. The first kappa shape index (κ1) is 15.5. The van der Waals surface area contributed by atoms with Crippen LogP contribution in [0.3, 0.4) is 0 Å². The first-order valence-electron chi connectivity index (χ1n) is 6.63. The van der Waals surface area contributed by atoms with Crippen molar-refractivity contribution in [3.63, 3.8) is 0 Å². The number of nitrogens with zero attached hydrogens (tertiary/aromatic N) is 2. The number of carboxylic acids is 1. The highest BCUT2D eigenvalue weighted by Gasteiger charge is 2.24. The SMILES string of the molecule is CCc1nnc(COc2cc(C(C)(C)C)sc2C(=O)O)o1. The summed E-state index contributed by atoms with van der Waals surface area (Å²) in [5.41, 5.74) is -0.129. The molecule has 2 aromatic rings. The summed E-state index contributed by atoms with van der Waals surface area (Å²) in [6, 6.07) is 1.77. The Hall–Kier alpha value is -1.89. The highest BCUT2D eigenvalue weighted by atomic mass is 32.1. The van der Waals surface area contributed by atoms with Crippen LogP contribution in [0.25, 0.3) is 0 Å². The van der Waals surface area contributed by atoms with Gasteiger partial charge in [0, 0.05) is 11.3 Å². The van der Waals surface area contributed by atoms with Gasteiger partial charge in [0.1, 0.15) is 5.75 Å². The molecule has 0 radical (unpaired) electrons. The summed E-state index contributed by atoms with van der Waals surface area (Å²) < 4.78 is 10.9. The number of aryl methyl sites for hydroxylation is 1. The van der Waals surface area contributed by atoms with Crippen LogP contribution in [0.15, 0.2) is 10.5 Å². The van der Waals surface area contributed by atoms with Crippen LogP contribution < -0.4 is 4.74 Å². The first-order chi connectivity index (χ1) is 9.81. The molecule has 1 N–H and O–H groups in total. The lowest BCUT2D eigenvalue weighted by atomic mass is 9.95. The molecule has 0 bridgehead atoms. The number of hydrogen-bond donors (Lipinski definition) is 1. The Morgan fingerprint density at radius 1 is 1.38 bits per heavy atom. The molecule has 0 unspecified atom stereocenters. The van der Waals surface area contributed by atoms with E-state index >= 15 is 0 Å². The van der Waals surface area contributed by atoms with Gasteiger partial charge in [-0.15, -0.1) is 21.5 Å². The molecule has 0 spiro atoms. The van der Waals surface area contributed by atoms with Crippen molar-refractivity contribution in [2.45, 2.75) is 46.1 Å². The Kier molecular flexibility index (Phi) is 4.32.